The normalized spacial score (nSPS) is 20.7. The van der Waals surface area contributed by atoms with Crippen LogP contribution in [0.25, 0.3) is 0 Å². The Morgan fingerprint density at radius 1 is 0.667 bits per heavy atom. The molecule has 0 heterocycles. The van der Waals surface area contributed by atoms with Gasteiger partial charge in [0.2, 0.25) is 0 Å². The SMILES string of the molecule is COc1cc(OC)cc(C(C)(C)OCNCC2(C)CC(NCOC(C)(C)c3cc(OC)cc(OC)c3)CC(C)(C)C2)c1. The summed E-state index contributed by atoms with van der Waals surface area (Å²) in [6.45, 7) is 17.2. The van der Waals surface area contributed by atoms with E-state index in [0.29, 0.717) is 19.5 Å². The highest BCUT2D eigenvalue weighted by atomic mass is 16.5. The summed E-state index contributed by atoms with van der Waals surface area (Å²) in [5, 5.41) is 7.30. The van der Waals surface area contributed by atoms with Gasteiger partial charge in [-0.1, -0.05) is 20.8 Å². The van der Waals surface area contributed by atoms with Gasteiger partial charge in [0.05, 0.1) is 53.1 Å². The second kappa shape index (κ2) is 13.8. The molecule has 0 radical (unpaired) electrons. The van der Waals surface area contributed by atoms with Crippen molar-refractivity contribution in [3.63, 3.8) is 0 Å². The van der Waals surface area contributed by atoms with E-state index in [9.17, 15) is 0 Å². The third kappa shape index (κ3) is 9.24. The Labute approximate surface area is 253 Å². The monoisotopic (exact) mass is 586 g/mol. The van der Waals surface area contributed by atoms with Gasteiger partial charge < -0.3 is 28.4 Å². The minimum absolute atomic E-state index is 0.113. The summed E-state index contributed by atoms with van der Waals surface area (Å²) in [5.74, 6) is 3.00. The minimum Gasteiger partial charge on any atom is -0.497 e. The van der Waals surface area contributed by atoms with Crippen LogP contribution in [0.15, 0.2) is 36.4 Å². The summed E-state index contributed by atoms with van der Waals surface area (Å²) in [6, 6.07) is 12.1. The highest BCUT2D eigenvalue weighted by Crippen LogP contribution is 2.46. The van der Waals surface area contributed by atoms with Gasteiger partial charge in [-0.2, -0.15) is 0 Å². The van der Waals surface area contributed by atoms with Gasteiger partial charge in [0.25, 0.3) is 0 Å². The molecule has 2 aromatic carbocycles. The van der Waals surface area contributed by atoms with Crippen molar-refractivity contribution >= 4 is 0 Å². The van der Waals surface area contributed by atoms with E-state index in [4.69, 9.17) is 28.4 Å². The van der Waals surface area contributed by atoms with Crippen LogP contribution in [-0.2, 0) is 20.7 Å². The molecule has 0 aliphatic heterocycles. The quantitative estimate of drug-likeness (QED) is 0.178. The number of hydrogen-bond acceptors (Lipinski definition) is 8. The van der Waals surface area contributed by atoms with E-state index in [2.05, 4.69) is 59.1 Å². The van der Waals surface area contributed by atoms with Crippen molar-refractivity contribution in [2.75, 3.05) is 48.4 Å². The van der Waals surface area contributed by atoms with Crippen LogP contribution in [0.4, 0.5) is 0 Å². The summed E-state index contributed by atoms with van der Waals surface area (Å²) in [4.78, 5) is 0. The minimum atomic E-state index is -0.513. The topological polar surface area (TPSA) is 79.4 Å². The van der Waals surface area contributed by atoms with E-state index < -0.39 is 11.2 Å². The highest BCUT2D eigenvalue weighted by Gasteiger charge is 2.41. The molecule has 2 atom stereocenters. The number of benzene rings is 2. The van der Waals surface area contributed by atoms with E-state index in [1.807, 2.05) is 36.4 Å². The molecule has 2 aromatic rings. The predicted octanol–water partition coefficient (Wildman–Crippen LogP) is 6.60. The van der Waals surface area contributed by atoms with Gasteiger partial charge in [0.15, 0.2) is 0 Å². The van der Waals surface area contributed by atoms with Gasteiger partial charge in [-0.15, -0.1) is 0 Å². The van der Waals surface area contributed by atoms with Gasteiger partial charge in [0, 0.05) is 24.7 Å². The molecule has 8 heteroatoms. The van der Waals surface area contributed by atoms with Gasteiger partial charge in [-0.3, -0.25) is 10.6 Å². The largest absolute Gasteiger partial charge is 0.497 e. The lowest BCUT2D eigenvalue weighted by Gasteiger charge is -2.47. The Hall–Kier alpha value is -2.52. The van der Waals surface area contributed by atoms with E-state index in [0.717, 1.165) is 59.9 Å². The molecule has 0 saturated heterocycles. The first kappa shape index (κ1) is 34.0. The lowest BCUT2D eigenvalue weighted by Crippen LogP contribution is -2.49. The molecule has 42 heavy (non-hydrogen) atoms. The van der Waals surface area contributed by atoms with Crippen LogP contribution in [0.1, 0.15) is 78.9 Å². The van der Waals surface area contributed by atoms with Gasteiger partial charge in [-0.25, -0.2) is 0 Å². The van der Waals surface area contributed by atoms with Crippen molar-refractivity contribution in [3.8, 4) is 23.0 Å². The number of methoxy groups -OCH3 is 4. The van der Waals surface area contributed by atoms with Crippen molar-refractivity contribution in [3.05, 3.63) is 47.5 Å². The Kier molecular flexibility index (Phi) is 11.2. The Morgan fingerprint density at radius 2 is 1.10 bits per heavy atom. The van der Waals surface area contributed by atoms with Crippen LogP contribution in [0, 0.1) is 10.8 Å². The second-order valence-corrected chi connectivity index (χ2v) is 13.7. The maximum Gasteiger partial charge on any atom is 0.122 e. The van der Waals surface area contributed by atoms with Crippen LogP contribution in [0.3, 0.4) is 0 Å². The lowest BCUT2D eigenvalue weighted by atomic mass is 9.62. The lowest BCUT2D eigenvalue weighted by molar-refractivity contribution is -0.0490. The molecule has 0 spiro atoms. The summed E-state index contributed by atoms with van der Waals surface area (Å²) >= 11 is 0. The number of nitrogens with one attached hydrogen (secondary N) is 2. The van der Waals surface area contributed by atoms with E-state index >= 15 is 0 Å². The third-order valence-electron chi connectivity index (χ3n) is 8.43. The zero-order valence-corrected chi connectivity index (χ0v) is 27.7. The summed E-state index contributed by atoms with van der Waals surface area (Å²) < 4.78 is 34.5. The molecule has 236 valence electrons. The van der Waals surface area contributed by atoms with Crippen molar-refractivity contribution in [1.29, 1.82) is 0 Å². The van der Waals surface area contributed by atoms with E-state index in [-0.39, 0.29) is 10.8 Å². The first-order valence-electron chi connectivity index (χ1n) is 14.8. The first-order chi connectivity index (χ1) is 19.6. The number of rotatable bonds is 15. The van der Waals surface area contributed by atoms with Crippen molar-refractivity contribution in [1.82, 2.24) is 10.6 Å². The molecule has 1 saturated carbocycles. The molecular weight excluding hydrogens is 532 g/mol. The molecule has 0 bridgehead atoms. The fourth-order valence-corrected chi connectivity index (χ4v) is 6.31. The van der Waals surface area contributed by atoms with Gasteiger partial charge >= 0.3 is 0 Å². The smallest absolute Gasteiger partial charge is 0.122 e. The molecule has 1 fully saturated rings. The van der Waals surface area contributed by atoms with Crippen molar-refractivity contribution < 1.29 is 28.4 Å². The third-order valence-corrected chi connectivity index (χ3v) is 8.43. The second-order valence-electron chi connectivity index (χ2n) is 13.7. The van der Waals surface area contributed by atoms with Crippen LogP contribution < -0.4 is 29.6 Å². The molecule has 0 aromatic heterocycles. The summed E-state index contributed by atoms with van der Waals surface area (Å²) in [5.41, 5.74) is 1.31. The van der Waals surface area contributed by atoms with Crippen LogP contribution >= 0.6 is 0 Å². The fourth-order valence-electron chi connectivity index (χ4n) is 6.31. The van der Waals surface area contributed by atoms with E-state index in [1.54, 1.807) is 28.4 Å². The zero-order chi connectivity index (χ0) is 31.2. The van der Waals surface area contributed by atoms with Crippen LogP contribution in [0.5, 0.6) is 23.0 Å². The molecule has 1 aliphatic carbocycles. The van der Waals surface area contributed by atoms with Crippen LogP contribution in [-0.4, -0.2) is 54.5 Å². The zero-order valence-electron chi connectivity index (χ0n) is 27.7. The summed E-state index contributed by atoms with van der Waals surface area (Å²) in [7, 11) is 6.65. The molecule has 0 amide bonds. The average molecular weight is 587 g/mol. The van der Waals surface area contributed by atoms with Crippen LogP contribution in [0.2, 0.25) is 0 Å². The maximum atomic E-state index is 6.39. The van der Waals surface area contributed by atoms with E-state index in [1.165, 1.54) is 0 Å². The molecule has 2 N–H and O–H groups in total. The molecule has 1 aliphatic rings. The maximum absolute atomic E-state index is 6.39. The average Bonchev–Trinajstić information content (AvgIpc) is 2.93. The number of hydrogen-bond donors (Lipinski definition) is 2. The van der Waals surface area contributed by atoms with Crippen molar-refractivity contribution in [2.45, 2.75) is 85.0 Å². The predicted molar refractivity (Wildman–Crippen MR) is 168 cm³/mol. The molecular formula is C34H54N2O6. The van der Waals surface area contributed by atoms with Gasteiger partial charge in [-0.05, 0) is 93.2 Å². The Bertz CT molecular complexity index is 1120. The van der Waals surface area contributed by atoms with Gasteiger partial charge in [0.1, 0.15) is 23.0 Å². The molecule has 8 nitrogen and oxygen atoms in total. The Balaban J connectivity index is 1.56. The fraction of sp³-hybridized carbons (Fsp3) is 0.647. The molecule has 3 rings (SSSR count). The first-order valence-corrected chi connectivity index (χ1v) is 14.8. The standard InChI is InChI=1S/C34H54N2O6/c1-31(2)18-26(36-23-42-33(5,6)25-14-29(39-10)17-30(15-25)40-11)19-34(7,20-31)21-35-22-41-32(3,4)24-12-27(37-8)16-28(13-24)38-9/h12-17,26,35-36H,18-23H2,1-11H3. The number of ether oxygens (including phenoxy) is 6. The highest BCUT2D eigenvalue weighted by molar-refractivity contribution is 5.41. The van der Waals surface area contributed by atoms with Crippen molar-refractivity contribution in [2.24, 2.45) is 10.8 Å². The Morgan fingerprint density at radius 3 is 1.52 bits per heavy atom. The summed E-state index contributed by atoms with van der Waals surface area (Å²) in [6.07, 6.45) is 3.29. The molecule has 2 unspecified atom stereocenters.